The molecule has 0 aromatic heterocycles. The molecule has 0 amide bonds. The van der Waals surface area contributed by atoms with E-state index in [-0.39, 0.29) is 18.2 Å². The van der Waals surface area contributed by atoms with E-state index >= 15 is 0 Å². The second-order valence-corrected chi connectivity index (χ2v) is 4.31. The van der Waals surface area contributed by atoms with Crippen molar-refractivity contribution in [2.45, 2.75) is 18.9 Å². The Hall–Kier alpha value is -1.62. The molecule has 1 aromatic carbocycles. The van der Waals surface area contributed by atoms with Gasteiger partial charge in [-0.05, 0) is 38.2 Å². The van der Waals surface area contributed by atoms with E-state index < -0.39 is 11.8 Å². The summed E-state index contributed by atoms with van der Waals surface area (Å²) in [6.07, 6.45) is 0.491. The first kappa shape index (κ1) is 14.4. The second kappa shape index (κ2) is 6.35. The monoisotopic (exact) mass is 255 g/mol. The zero-order valence-corrected chi connectivity index (χ0v) is 10.8. The molecule has 0 spiro atoms. The molecule has 4 nitrogen and oxygen atoms in total. The summed E-state index contributed by atoms with van der Waals surface area (Å²) in [5, 5.41) is 8.72. The Morgan fingerprint density at radius 3 is 2.61 bits per heavy atom. The molecule has 0 saturated heterocycles. The van der Waals surface area contributed by atoms with Crippen LogP contribution in [0.3, 0.4) is 0 Å². The number of carbonyl (C=O) groups is 1. The summed E-state index contributed by atoms with van der Waals surface area (Å²) in [4.78, 5) is 12.5. The quantitative estimate of drug-likeness (QED) is 0.847. The number of halogens is 1. The lowest BCUT2D eigenvalue weighted by Crippen LogP contribution is -2.21. The molecule has 1 rings (SSSR count). The number of carboxylic acid groups (broad SMARTS) is 1. The van der Waals surface area contributed by atoms with Crippen LogP contribution in [0.5, 0.6) is 5.75 Å². The van der Waals surface area contributed by atoms with Gasteiger partial charge in [0.1, 0.15) is 0 Å². The van der Waals surface area contributed by atoms with Gasteiger partial charge in [0.15, 0.2) is 11.6 Å². The number of hydrogen-bond acceptors (Lipinski definition) is 3. The zero-order valence-electron chi connectivity index (χ0n) is 10.8. The van der Waals surface area contributed by atoms with Crippen LogP contribution in [-0.2, 0) is 4.79 Å². The molecule has 5 heteroatoms. The van der Waals surface area contributed by atoms with E-state index in [2.05, 4.69) is 0 Å². The van der Waals surface area contributed by atoms with Crippen LogP contribution in [0.2, 0.25) is 0 Å². The molecule has 0 heterocycles. The predicted molar refractivity (Wildman–Crippen MR) is 66.2 cm³/mol. The van der Waals surface area contributed by atoms with Crippen LogP contribution in [0.25, 0.3) is 0 Å². The van der Waals surface area contributed by atoms with Crippen molar-refractivity contribution >= 4 is 5.97 Å². The van der Waals surface area contributed by atoms with Gasteiger partial charge < -0.3 is 14.7 Å². The van der Waals surface area contributed by atoms with Gasteiger partial charge in [-0.2, -0.15) is 0 Å². The predicted octanol–water partition coefficient (Wildman–Crippen LogP) is 2.30. The molecule has 0 fully saturated rings. The van der Waals surface area contributed by atoms with Crippen molar-refractivity contribution in [3.05, 3.63) is 29.6 Å². The van der Waals surface area contributed by atoms with Crippen molar-refractivity contribution in [2.75, 3.05) is 21.2 Å². The average Bonchev–Trinajstić information content (AvgIpc) is 2.28. The highest BCUT2D eigenvalue weighted by Gasteiger charge is 2.17. The smallest absolute Gasteiger partial charge is 0.303 e. The Labute approximate surface area is 106 Å². The molecular formula is C13H18FNO3. The van der Waals surface area contributed by atoms with Crippen molar-refractivity contribution in [2.24, 2.45) is 0 Å². The summed E-state index contributed by atoms with van der Waals surface area (Å²) in [6.45, 7) is 0. The standard InChI is InChI=1S/C13H18FNO3/c1-15(2)11(5-7-13(16)17)9-4-6-12(18-3)10(14)8-9/h4,6,8,11H,5,7H2,1-3H3,(H,16,17). The minimum absolute atomic E-state index is 0.0521. The van der Waals surface area contributed by atoms with Gasteiger partial charge in [-0.1, -0.05) is 6.07 Å². The summed E-state index contributed by atoms with van der Waals surface area (Å²) in [5.74, 6) is -1.09. The first-order chi connectivity index (χ1) is 8.45. The summed E-state index contributed by atoms with van der Waals surface area (Å²) in [6, 6.07) is 4.59. The maximum absolute atomic E-state index is 13.6. The van der Waals surface area contributed by atoms with Crippen LogP contribution >= 0.6 is 0 Å². The van der Waals surface area contributed by atoms with E-state index in [9.17, 15) is 9.18 Å². The molecule has 0 aliphatic carbocycles. The van der Waals surface area contributed by atoms with Crippen LogP contribution < -0.4 is 4.74 Å². The van der Waals surface area contributed by atoms with Crippen molar-refractivity contribution < 1.29 is 19.0 Å². The summed E-state index contributed by atoms with van der Waals surface area (Å²) < 4.78 is 18.5. The van der Waals surface area contributed by atoms with Crippen LogP contribution in [-0.4, -0.2) is 37.2 Å². The van der Waals surface area contributed by atoms with Gasteiger partial charge in [0.25, 0.3) is 0 Å². The molecule has 0 bridgehead atoms. The van der Waals surface area contributed by atoms with Gasteiger partial charge in [0.2, 0.25) is 0 Å². The number of ether oxygens (including phenoxy) is 1. The van der Waals surface area contributed by atoms with Crippen LogP contribution in [0.1, 0.15) is 24.4 Å². The fourth-order valence-corrected chi connectivity index (χ4v) is 1.87. The number of nitrogens with zero attached hydrogens (tertiary/aromatic N) is 1. The van der Waals surface area contributed by atoms with E-state index in [1.165, 1.54) is 13.2 Å². The van der Waals surface area contributed by atoms with E-state index in [1.807, 2.05) is 19.0 Å². The first-order valence-corrected chi connectivity index (χ1v) is 5.67. The van der Waals surface area contributed by atoms with Crippen molar-refractivity contribution in [1.29, 1.82) is 0 Å². The molecule has 1 aromatic rings. The zero-order chi connectivity index (χ0) is 13.7. The number of methoxy groups -OCH3 is 1. The third-order valence-electron chi connectivity index (χ3n) is 2.82. The van der Waals surface area contributed by atoms with Crippen molar-refractivity contribution in [1.82, 2.24) is 4.90 Å². The molecule has 0 aliphatic rings. The van der Waals surface area contributed by atoms with Crippen molar-refractivity contribution in [3.63, 3.8) is 0 Å². The average molecular weight is 255 g/mol. The minimum Gasteiger partial charge on any atom is -0.494 e. The lowest BCUT2D eigenvalue weighted by atomic mass is 10.0. The number of benzene rings is 1. The molecule has 0 saturated carbocycles. The topological polar surface area (TPSA) is 49.8 Å². The SMILES string of the molecule is COc1ccc(C(CCC(=O)O)N(C)C)cc1F. The lowest BCUT2D eigenvalue weighted by molar-refractivity contribution is -0.137. The minimum atomic E-state index is -0.851. The fraction of sp³-hybridized carbons (Fsp3) is 0.462. The highest BCUT2D eigenvalue weighted by molar-refractivity contribution is 5.66. The Kier molecular flexibility index (Phi) is 5.09. The molecular weight excluding hydrogens is 237 g/mol. The fourth-order valence-electron chi connectivity index (χ4n) is 1.87. The van der Waals surface area contributed by atoms with E-state index in [1.54, 1.807) is 12.1 Å². The molecule has 0 aliphatic heterocycles. The third-order valence-corrected chi connectivity index (χ3v) is 2.82. The van der Waals surface area contributed by atoms with Gasteiger partial charge in [-0.25, -0.2) is 4.39 Å². The normalized spacial score (nSPS) is 12.5. The summed E-state index contributed by atoms with van der Waals surface area (Å²) in [7, 11) is 5.09. The number of rotatable bonds is 6. The molecule has 1 N–H and O–H groups in total. The Morgan fingerprint density at radius 2 is 2.17 bits per heavy atom. The molecule has 1 atom stereocenters. The number of aliphatic carboxylic acids is 1. The molecule has 18 heavy (non-hydrogen) atoms. The van der Waals surface area contributed by atoms with Crippen LogP contribution in [0, 0.1) is 5.82 Å². The Balaban J connectivity index is 2.92. The highest BCUT2D eigenvalue weighted by Crippen LogP contribution is 2.27. The lowest BCUT2D eigenvalue weighted by Gasteiger charge is -2.24. The number of carboxylic acids is 1. The largest absolute Gasteiger partial charge is 0.494 e. The maximum Gasteiger partial charge on any atom is 0.303 e. The van der Waals surface area contributed by atoms with Crippen LogP contribution in [0.4, 0.5) is 4.39 Å². The first-order valence-electron chi connectivity index (χ1n) is 5.67. The third kappa shape index (κ3) is 3.70. The Morgan fingerprint density at radius 1 is 1.50 bits per heavy atom. The van der Waals surface area contributed by atoms with Crippen molar-refractivity contribution in [3.8, 4) is 5.75 Å². The highest BCUT2D eigenvalue weighted by atomic mass is 19.1. The maximum atomic E-state index is 13.6. The molecule has 0 radical (unpaired) electrons. The summed E-state index contributed by atoms with van der Waals surface area (Å²) in [5.41, 5.74) is 0.750. The van der Waals surface area contributed by atoms with Gasteiger partial charge >= 0.3 is 5.97 Å². The van der Waals surface area contributed by atoms with Crippen LogP contribution in [0.15, 0.2) is 18.2 Å². The van der Waals surface area contributed by atoms with E-state index in [0.29, 0.717) is 6.42 Å². The Bertz CT molecular complexity index is 421. The summed E-state index contributed by atoms with van der Waals surface area (Å²) >= 11 is 0. The van der Waals surface area contributed by atoms with Gasteiger partial charge in [-0.3, -0.25) is 4.79 Å². The van der Waals surface area contributed by atoms with E-state index in [4.69, 9.17) is 9.84 Å². The molecule has 100 valence electrons. The van der Waals surface area contributed by atoms with Gasteiger partial charge in [0.05, 0.1) is 7.11 Å². The second-order valence-electron chi connectivity index (χ2n) is 4.31. The number of hydrogen-bond donors (Lipinski definition) is 1. The van der Waals surface area contributed by atoms with Gasteiger partial charge in [0, 0.05) is 12.5 Å². The van der Waals surface area contributed by atoms with Gasteiger partial charge in [-0.15, -0.1) is 0 Å². The molecule has 1 unspecified atom stereocenters. The van der Waals surface area contributed by atoms with E-state index in [0.717, 1.165) is 5.56 Å².